The third kappa shape index (κ3) is 2.67. The molecule has 0 aliphatic heterocycles. The molecule has 0 radical (unpaired) electrons. The van der Waals surface area contributed by atoms with Gasteiger partial charge in [-0.3, -0.25) is 9.67 Å². The van der Waals surface area contributed by atoms with Crippen molar-refractivity contribution in [2.45, 2.75) is 32.9 Å². The molecular weight excluding hydrogens is 262 g/mol. The summed E-state index contributed by atoms with van der Waals surface area (Å²) in [4.78, 5) is 4.48. The van der Waals surface area contributed by atoms with Gasteiger partial charge in [0.2, 0.25) is 0 Å². The molecular formula is C17H19N3O. The summed E-state index contributed by atoms with van der Waals surface area (Å²) < 4.78 is 1.85. The Kier molecular flexibility index (Phi) is 3.47. The van der Waals surface area contributed by atoms with E-state index in [1.165, 1.54) is 0 Å². The average molecular weight is 281 g/mol. The van der Waals surface area contributed by atoms with Gasteiger partial charge in [0.1, 0.15) is 6.10 Å². The summed E-state index contributed by atoms with van der Waals surface area (Å²) in [6.45, 7) is 6.10. The van der Waals surface area contributed by atoms with Gasteiger partial charge >= 0.3 is 0 Å². The molecule has 108 valence electrons. The summed E-state index contributed by atoms with van der Waals surface area (Å²) in [6.07, 6.45) is 2.96. The first-order valence-electron chi connectivity index (χ1n) is 7.14. The fraction of sp³-hybridized carbons (Fsp3) is 0.294. The number of benzene rings is 1. The topological polar surface area (TPSA) is 50.9 Å². The van der Waals surface area contributed by atoms with E-state index in [-0.39, 0.29) is 6.04 Å². The predicted octanol–water partition coefficient (Wildman–Crippen LogP) is 3.40. The normalized spacial score (nSPS) is 13.0. The van der Waals surface area contributed by atoms with E-state index in [9.17, 15) is 5.11 Å². The first kappa shape index (κ1) is 13.8. The lowest BCUT2D eigenvalue weighted by Gasteiger charge is -2.10. The number of rotatable bonds is 3. The van der Waals surface area contributed by atoms with Crippen LogP contribution in [0.15, 0.2) is 42.7 Å². The Morgan fingerprint density at radius 2 is 1.90 bits per heavy atom. The van der Waals surface area contributed by atoms with E-state index in [0.29, 0.717) is 0 Å². The first-order chi connectivity index (χ1) is 10.0. The van der Waals surface area contributed by atoms with Gasteiger partial charge in [0, 0.05) is 28.9 Å². The molecule has 1 N–H and O–H groups in total. The lowest BCUT2D eigenvalue weighted by molar-refractivity contribution is 0.220. The number of pyridine rings is 1. The third-order valence-corrected chi connectivity index (χ3v) is 3.63. The van der Waals surface area contributed by atoms with Crippen molar-refractivity contribution in [2.24, 2.45) is 0 Å². The van der Waals surface area contributed by atoms with Gasteiger partial charge in [0.05, 0.1) is 11.7 Å². The summed E-state index contributed by atoms with van der Waals surface area (Å²) >= 11 is 0. The van der Waals surface area contributed by atoms with Gasteiger partial charge in [0.15, 0.2) is 0 Å². The minimum absolute atomic E-state index is 0.287. The molecule has 0 saturated heterocycles. The van der Waals surface area contributed by atoms with Crippen LogP contribution < -0.4 is 0 Å². The predicted molar refractivity (Wildman–Crippen MR) is 83.2 cm³/mol. The second kappa shape index (κ2) is 5.30. The van der Waals surface area contributed by atoms with Crippen LogP contribution in [0.1, 0.15) is 42.8 Å². The SMILES string of the molecule is Cc1ccc2cc(C(O)c3cnn(C(C)C)c3)ccc2n1. The van der Waals surface area contributed by atoms with Crippen molar-refractivity contribution in [1.82, 2.24) is 14.8 Å². The molecule has 1 unspecified atom stereocenters. The van der Waals surface area contributed by atoms with Crippen LogP contribution in [0.5, 0.6) is 0 Å². The maximum atomic E-state index is 10.5. The number of fused-ring (bicyclic) bond motifs is 1. The molecule has 3 rings (SSSR count). The lowest BCUT2D eigenvalue weighted by Crippen LogP contribution is -2.01. The second-order valence-corrected chi connectivity index (χ2v) is 5.65. The van der Waals surface area contributed by atoms with E-state index in [0.717, 1.165) is 27.7 Å². The number of aliphatic hydroxyl groups excluding tert-OH is 1. The standard InChI is InChI=1S/C17H19N3O/c1-11(2)20-10-15(9-18-20)17(21)14-6-7-16-13(8-14)5-4-12(3)19-16/h4-11,17,21H,1-3H3. The highest BCUT2D eigenvalue weighted by Crippen LogP contribution is 2.25. The Balaban J connectivity index is 1.96. The smallest absolute Gasteiger partial charge is 0.107 e. The summed E-state index contributed by atoms with van der Waals surface area (Å²) in [7, 11) is 0. The molecule has 0 fully saturated rings. The maximum Gasteiger partial charge on any atom is 0.107 e. The number of hydrogen-bond donors (Lipinski definition) is 1. The van der Waals surface area contributed by atoms with Crippen molar-refractivity contribution in [3.05, 3.63) is 59.5 Å². The minimum Gasteiger partial charge on any atom is -0.384 e. The molecule has 1 aromatic carbocycles. The van der Waals surface area contributed by atoms with Crippen molar-refractivity contribution in [1.29, 1.82) is 0 Å². The molecule has 2 aromatic heterocycles. The van der Waals surface area contributed by atoms with Crippen LogP contribution in [-0.2, 0) is 0 Å². The molecule has 0 bridgehead atoms. The Hall–Kier alpha value is -2.20. The average Bonchev–Trinajstić information content (AvgIpc) is 2.96. The number of aromatic nitrogens is 3. The fourth-order valence-electron chi connectivity index (χ4n) is 2.38. The summed E-state index contributed by atoms with van der Waals surface area (Å²) in [5, 5.41) is 15.8. The minimum atomic E-state index is -0.664. The van der Waals surface area contributed by atoms with E-state index in [1.54, 1.807) is 6.20 Å². The van der Waals surface area contributed by atoms with Crippen molar-refractivity contribution in [2.75, 3.05) is 0 Å². The summed E-state index contributed by atoms with van der Waals surface area (Å²) in [6, 6.07) is 10.2. The fourth-order valence-corrected chi connectivity index (χ4v) is 2.38. The molecule has 21 heavy (non-hydrogen) atoms. The highest BCUT2D eigenvalue weighted by atomic mass is 16.3. The molecule has 0 spiro atoms. The van der Waals surface area contributed by atoms with Gasteiger partial charge in [0.25, 0.3) is 0 Å². The van der Waals surface area contributed by atoms with Gasteiger partial charge in [-0.25, -0.2) is 0 Å². The number of aryl methyl sites for hydroxylation is 1. The molecule has 0 aliphatic carbocycles. The molecule has 0 amide bonds. The van der Waals surface area contributed by atoms with Gasteiger partial charge in [-0.1, -0.05) is 12.1 Å². The van der Waals surface area contributed by atoms with Crippen LogP contribution in [0.25, 0.3) is 10.9 Å². The van der Waals surface area contributed by atoms with Crippen LogP contribution in [-0.4, -0.2) is 19.9 Å². The molecule has 4 nitrogen and oxygen atoms in total. The molecule has 0 saturated carbocycles. The number of aliphatic hydroxyl groups is 1. The molecule has 0 aliphatic rings. The molecule has 3 aromatic rings. The Labute approximate surface area is 124 Å². The molecule has 2 heterocycles. The first-order valence-corrected chi connectivity index (χ1v) is 7.14. The zero-order valence-electron chi connectivity index (χ0n) is 12.5. The van der Waals surface area contributed by atoms with Gasteiger partial charge < -0.3 is 5.11 Å². The Morgan fingerprint density at radius 3 is 2.62 bits per heavy atom. The van der Waals surface area contributed by atoms with Crippen LogP contribution in [0, 0.1) is 6.92 Å². The van der Waals surface area contributed by atoms with E-state index in [2.05, 4.69) is 23.9 Å². The van der Waals surface area contributed by atoms with Crippen LogP contribution in [0.4, 0.5) is 0 Å². The number of hydrogen-bond acceptors (Lipinski definition) is 3. The number of nitrogens with zero attached hydrogens (tertiary/aromatic N) is 3. The van der Waals surface area contributed by atoms with E-state index in [1.807, 2.05) is 48.1 Å². The van der Waals surface area contributed by atoms with E-state index in [4.69, 9.17) is 0 Å². The zero-order valence-corrected chi connectivity index (χ0v) is 12.5. The van der Waals surface area contributed by atoms with Gasteiger partial charge in [-0.15, -0.1) is 0 Å². The molecule has 1 atom stereocenters. The highest BCUT2D eigenvalue weighted by Gasteiger charge is 2.14. The van der Waals surface area contributed by atoms with Crippen molar-refractivity contribution in [3.8, 4) is 0 Å². The van der Waals surface area contributed by atoms with Crippen molar-refractivity contribution in [3.63, 3.8) is 0 Å². The highest BCUT2D eigenvalue weighted by molar-refractivity contribution is 5.79. The quantitative estimate of drug-likeness (QED) is 0.800. The summed E-state index contributed by atoms with van der Waals surface area (Å²) in [5.41, 5.74) is 3.61. The zero-order chi connectivity index (χ0) is 15.0. The Bertz CT molecular complexity index is 777. The summed E-state index contributed by atoms with van der Waals surface area (Å²) in [5.74, 6) is 0. The molecule has 4 heteroatoms. The van der Waals surface area contributed by atoms with Gasteiger partial charge in [-0.2, -0.15) is 5.10 Å². The monoisotopic (exact) mass is 281 g/mol. The third-order valence-electron chi connectivity index (χ3n) is 3.63. The maximum absolute atomic E-state index is 10.5. The second-order valence-electron chi connectivity index (χ2n) is 5.65. The van der Waals surface area contributed by atoms with E-state index >= 15 is 0 Å². The van der Waals surface area contributed by atoms with Crippen LogP contribution in [0.3, 0.4) is 0 Å². The lowest BCUT2D eigenvalue weighted by atomic mass is 10.0. The van der Waals surface area contributed by atoms with Crippen molar-refractivity contribution >= 4 is 10.9 Å². The largest absolute Gasteiger partial charge is 0.384 e. The van der Waals surface area contributed by atoms with E-state index < -0.39 is 6.10 Å². The van der Waals surface area contributed by atoms with Crippen LogP contribution >= 0.6 is 0 Å². The van der Waals surface area contributed by atoms with Crippen LogP contribution in [0.2, 0.25) is 0 Å². The van der Waals surface area contributed by atoms with Crippen molar-refractivity contribution < 1.29 is 5.11 Å². The van der Waals surface area contributed by atoms with Gasteiger partial charge in [-0.05, 0) is 44.5 Å². The Morgan fingerprint density at radius 1 is 1.10 bits per heavy atom.